The van der Waals surface area contributed by atoms with Crippen molar-refractivity contribution in [3.05, 3.63) is 0 Å². The van der Waals surface area contributed by atoms with Crippen molar-refractivity contribution in [2.75, 3.05) is 20.1 Å². The third kappa shape index (κ3) is 6.49. The first-order valence-electron chi connectivity index (χ1n) is 6.55. The molecule has 0 spiro atoms. The molecule has 0 aromatic rings. The van der Waals surface area contributed by atoms with E-state index in [0.717, 1.165) is 13.1 Å². The Morgan fingerprint density at radius 1 is 1.12 bits per heavy atom. The minimum atomic E-state index is 0.215. The molecule has 0 bridgehead atoms. The number of hydrogen-bond donors (Lipinski definition) is 1. The van der Waals surface area contributed by atoms with Gasteiger partial charge in [0.2, 0.25) is 0 Å². The van der Waals surface area contributed by atoms with E-state index in [-0.39, 0.29) is 5.54 Å². The standard InChI is InChI=1S/C14H32N2/c1-9-14(7,10-15-13(4,5)6)11-16(8)12(2)3/h12,15H,9-11H2,1-8H3. The molecule has 0 fully saturated rings. The van der Waals surface area contributed by atoms with Crippen LogP contribution in [-0.2, 0) is 0 Å². The van der Waals surface area contributed by atoms with Crippen LogP contribution in [0.2, 0.25) is 0 Å². The zero-order valence-electron chi connectivity index (χ0n) is 12.6. The van der Waals surface area contributed by atoms with Crippen LogP contribution in [0.1, 0.15) is 54.9 Å². The topological polar surface area (TPSA) is 15.3 Å². The molecule has 0 rings (SSSR count). The van der Waals surface area contributed by atoms with Crippen LogP contribution in [0.25, 0.3) is 0 Å². The fourth-order valence-corrected chi connectivity index (χ4v) is 1.56. The summed E-state index contributed by atoms with van der Waals surface area (Å²) in [5.74, 6) is 0. The molecular weight excluding hydrogens is 196 g/mol. The van der Waals surface area contributed by atoms with Gasteiger partial charge in [0.1, 0.15) is 0 Å². The van der Waals surface area contributed by atoms with E-state index in [4.69, 9.17) is 0 Å². The third-order valence-corrected chi connectivity index (χ3v) is 3.41. The van der Waals surface area contributed by atoms with Crippen LogP contribution in [0.3, 0.4) is 0 Å². The molecule has 2 heteroatoms. The van der Waals surface area contributed by atoms with E-state index in [1.165, 1.54) is 6.42 Å². The molecule has 0 aliphatic heterocycles. The molecule has 1 N–H and O–H groups in total. The predicted molar refractivity (Wildman–Crippen MR) is 73.9 cm³/mol. The van der Waals surface area contributed by atoms with E-state index in [1.54, 1.807) is 0 Å². The maximum absolute atomic E-state index is 3.63. The van der Waals surface area contributed by atoms with Gasteiger partial charge in [0.25, 0.3) is 0 Å². The second-order valence-electron chi connectivity index (χ2n) is 6.78. The minimum absolute atomic E-state index is 0.215. The quantitative estimate of drug-likeness (QED) is 0.751. The van der Waals surface area contributed by atoms with Crippen molar-refractivity contribution in [2.24, 2.45) is 5.41 Å². The summed E-state index contributed by atoms with van der Waals surface area (Å²) in [5, 5.41) is 3.63. The van der Waals surface area contributed by atoms with Crippen molar-refractivity contribution in [1.29, 1.82) is 0 Å². The minimum Gasteiger partial charge on any atom is -0.311 e. The lowest BCUT2D eigenvalue weighted by atomic mass is 9.85. The average molecular weight is 228 g/mol. The van der Waals surface area contributed by atoms with Crippen LogP contribution in [-0.4, -0.2) is 36.6 Å². The normalized spacial score (nSPS) is 16.9. The Labute approximate surface area is 103 Å². The Morgan fingerprint density at radius 3 is 1.94 bits per heavy atom. The third-order valence-electron chi connectivity index (χ3n) is 3.41. The fraction of sp³-hybridized carbons (Fsp3) is 1.00. The molecule has 0 aliphatic carbocycles. The number of nitrogens with one attached hydrogen (secondary N) is 1. The predicted octanol–water partition coefficient (Wildman–Crippen LogP) is 3.13. The van der Waals surface area contributed by atoms with Crippen molar-refractivity contribution >= 4 is 0 Å². The molecule has 0 saturated heterocycles. The van der Waals surface area contributed by atoms with Crippen LogP contribution >= 0.6 is 0 Å². The summed E-state index contributed by atoms with van der Waals surface area (Å²) < 4.78 is 0. The summed E-state index contributed by atoms with van der Waals surface area (Å²) in [6.45, 7) is 18.1. The molecule has 98 valence electrons. The summed E-state index contributed by atoms with van der Waals surface area (Å²) in [6, 6.07) is 0.625. The maximum Gasteiger partial charge on any atom is 0.00967 e. The van der Waals surface area contributed by atoms with Gasteiger partial charge in [-0.1, -0.05) is 13.8 Å². The molecule has 0 aromatic carbocycles. The highest BCUT2D eigenvalue weighted by atomic mass is 15.1. The zero-order valence-corrected chi connectivity index (χ0v) is 12.6. The molecule has 16 heavy (non-hydrogen) atoms. The molecule has 0 radical (unpaired) electrons. The second kappa shape index (κ2) is 6.02. The molecule has 0 aliphatic rings. The summed E-state index contributed by atoms with van der Waals surface area (Å²) in [4.78, 5) is 2.44. The number of rotatable bonds is 6. The van der Waals surface area contributed by atoms with Gasteiger partial charge in [-0.15, -0.1) is 0 Å². The zero-order chi connectivity index (χ0) is 13.0. The summed E-state index contributed by atoms with van der Waals surface area (Å²) in [7, 11) is 2.22. The van der Waals surface area contributed by atoms with Gasteiger partial charge in [0.05, 0.1) is 0 Å². The summed E-state index contributed by atoms with van der Waals surface area (Å²) in [5.41, 5.74) is 0.582. The molecule has 1 unspecified atom stereocenters. The van der Waals surface area contributed by atoms with Gasteiger partial charge >= 0.3 is 0 Å². The van der Waals surface area contributed by atoms with Crippen LogP contribution in [0.15, 0.2) is 0 Å². The molecule has 2 nitrogen and oxygen atoms in total. The van der Waals surface area contributed by atoms with E-state index >= 15 is 0 Å². The van der Waals surface area contributed by atoms with Crippen molar-refractivity contribution < 1.29 is 0 Å². The highest BCUT2D eigenvalue weighted by molar-refractivity contribution is 4.83. The Bertz CT molecular complexity index is 193. The SMILES string of the molecule is CCC(C)(CNC(C)(C)C)CN(C)C(C)C. The Kier molecular flexibility index (Phi) is 5.99. The van der Waals surface area contributed by atoms with Crippen molar-refractivity contribution in [3.8, 4) is 0 Å². The van der Waals surface area contributed by atoms with Gasteiger partial charge in [0.15, 0.2) is 0 Å². The van der Waals surface area contributed by atoms with E-state index < -0.39 is 0 Å². The Hall–Kier alpha value is -0.0800. The van der Waals surface area contributed by atoms with Gasteiger partial charge in [-0.25, -0.2) is 0 Å². The Morgan fingerprint density at radius 2 is 1.62 bits per heavy atom. The van der Waals surface area contributed by atoms with Crippen molar-refractivity contribution in [3.63, 3.8) is 0 Å². The van der Waals surface area contributed by atoms with Crippen LogP contribution < -0.4 is 5.32 Å². The van der Waals surface area contributed by atoms with Gasteiger partial charge in [-0.3, -0.25) is 0 Å². The second-order valence-corrected chi connectivity index (χ2v) is 6.78. The Balaban J connectivity index is 4.31. The van der Waals surface area contributed by atoms with Crippen LogP contribution in [0.4, 0.5) is 0 Å². The van der Waals surface area contributed by atoms with Gasteiger partial charge in [0, 0.05) is 24.7 Å². The smallest absolute Gasteiger partial charge is 0.00967 e. The lowest BCUT2D eigenvalue weighted by molar-refractivity contribution is 0.145. The van der Waals surface area contributed by atoms with Gasteiger partial charge in [-0.2, -0.15) is 0 Å². The number of hydrogen-bond acceptors (Lipinski definition) is 2. The van der Waals surface area contributed by atoms with Crippen LogP contribution in [0.5, 0.6) is 0 Å². The van der Waals surface area contributed by atoms with Crippen molar-refractivity contribution in [2.45, 2.75) is 66.5 Å². The van der Waals surface area contributed by atoms with E-state index in [2.05, 4.69) is 65.7 Å². The average Bonchev–Trinajstić information content (AvgIpc) is 2.13. The molecular formula is C14H32N2. The fourth-order valence-electron chi connectivity index (χ4n) is 1.56. The van der Waals surface area contributed by atoms with Crippen LogP contribution in [0, 0.1) is 5.41 Å². The van der Waals surface area contributed by atoms with E-state index in [1.807, 2.05) is 0 Å². The maximum atomic E-state index is 3.63. The highest BCUT2D eigenvalue weighted by Crippen LogP contribution is 2.23. The monoisotopic (exact) mass is 228 g/mol. The largest absolute Gasteiger partial charge is 0.311 e. The highest BCUT2D eigenvalue weighted by Gasteiger charge is 2.26. The molecule has 0 aromatic heterocycles. The summed E-state index contributed by atoms with van der Waals surface area (Å²) >= 11 is 0. The van der Waals surface area contributed by atoms with Crippen molar-refractivity contribution in [1.82, 2.24) is 10.2 Å². The van der Waals surface area contributed by atoms with E-state index in [0.29, 0.717) is 11.5 Å². The first kappa shape index (κ1) is 15.9. The number of nitrogens with zero attached hydrogens (tertiary/aromatic N) is 1. The molecule has 0 saturated carbocycles. The lowest BCUT2D eigenvalue weighted by Crippen LogP contribution is -2.47. The molecule has 0 amide bonds. The van der Waals surface area contributed by atoms with Gasteiger partial charge in [-0.05, 0) is 53.5 Å². The molecule has 0 heterocycles. The van der Waals surface area contributed by atoms with E-state index in [9.17, 15) is 0 Å². The lowest BCUT2D eigenvalue weighted by Gasteiger charge is -2.37. The summed E-state index contributed by atoms with van der Waals surface area (Å²) in [6.07, 6.45) is 1.22. The first-order chi connectivity index (χ1) is 7.09. The van der Waals surface area contributed by atoms with Gasteiger partial charge < -0.3 is 10.2 Å². The molecule has 1 atom stereocenters. The first-order valence-corrected chi connectivity index (χ1v) is 6.55.